The molecule has 0 spiro atoms. The van der Waals surface area contributed by atoms with Gasteiger partial charge in [0, 0.05) is 24.4 Å². The van der Waals surface area contributed by atoms with E-state index in [9.17, 15) is 4.79 Å². The maximum Gasteiger partial charge on any atom is 0.190 e. The standard InChI is InChI=1S/C10H10N2O2/c1-7(13)10-5-9(12-14-10)8-3-2-4-11-6-8/h2-4,6,10H,5H2,1H3. The van der Waals surface area contributed by atoms with Crippen LogP contribution in [0.1, 0.15) is 18.9 Å². The van der Waals surface area contributed by atoms with E-state index < -0.39 is 6.10 Å². The predicted octanol–water partition coefficient (Wildman–Crippen LogP) is 1.16. The molecule has 4 heteroatoms. The van der Waals surface area contributed by atoms with Gasteiger partial charge in [-0.25, -0.2) is 0 Å². The van der Waals surface area contributed by atoms with Crippen LogP contribution in [0.3, 0.4) is 0 Å². The third-order valence-electron chi connectivity index (χ3n) is 2.12. The quantitative estimate of drug-likeness (QED) is 0.703. The monoisotopic (exact) mass is 190 g/mol. The van der Waals surface area contributed by atoms with Crippen molar-refractivity contribution in [2.24, 2.45) is 5.16 Å². The predicted molar refractivity (Wildman–Crippen MR) is 50.9 cm³/mol. The molecule has 14 heavy (non-hydrogen) atoms. The van der Waals surface area contributed by atoms with Crippen molar-refractivity contribution in [1.29, 1.82) is 0 Å². The first-order chi connectivity index (χ1) is 6.77. The Kier molecular flexibility index (Phi) is 2.26. The zero-order valence-corrected chi connectivity index (χ0v) is 7.80. The minimum Gasteiger partial charge on any atom is -0.384 e. The summed E-state index contributed by atoms with van der Waals surface area (Å²) in [5, 5.41) is 3.86. The van der Waals surface area contributed by atoms with Crippen LogP contribution in [-0.4, -0.2) is 22.6 Å². The first kappa shape index (κ1) is 8.87. The van der Waals surface area contributed by atoms with Crippen molar-refractivity contribution in [3.63, 3.8) is 0 Å². The van der Waals surface area contributed by atoms with Crippen LogP contribution in [0.2, 0.25) is 0 Å². The van der Waals surface area contributed by atoms with Crippen LogP contribution < -0.4 is 0 Å². The van der Waals surface area contributed by atoms with Crippen molar-refractivity contribution in [3.8, 4) is 0 Å². The highest BCUT2D eigenvalue weighted by atomic mass is 16.6. The number of hydrogen-bond acceptors (Lipinski definition) is 4. The van der Waals surface area contributed by atoms with E-state index in [4.69, 9.17) is 4.84 Å². The second-order valence-corrected chi connectivity index (χ2v) is 3.19. The van der Waals surface area contributed by atoms with Crippen molar-refractivity contribution in [1.82, 2.24) is 4.98 Å². The molecule has 4 nitrogen and oxygen atoms in total. The van der Waals surface area contributed by atoms with Crippen LogP contribution in [0.4, 0.5) is 0 Å². The van der Waals surface area contributed by atoms with Crippen LogP contribution in [-0.2, 0) is 9.63 Å². The van der Waals surface area contributed by atoms with Gasteiger partial charge in [-0.1, -0.05) is 5.16 Å². The number of hydrogen-bond donors (Lipinski definition) is 0. The van der Waals surface area contributed by atoms with E-state index >= 15 is 0 Å². The molecule has 0 saturated carbocycles. The lowest BCUT2D eigenvalue weighted by Gasteiger charge is -2.00. The molecule has 72 valence electrons. The summed E-state index contributed by atoms with van der Waals surface area (Å²) in [4.78, 5) is 20.0. The summed E-state index contributed by atoms with van der Waals surface area (Å²) >= 11 is 0. The van der Waals surface area contributed by atoms with Gasteiger partial charge in [0.2, 0.25) is 0 Å². The summed E-state index contributed by atoms with van der Waals surface area (Å²) < 4.78 is 0. The van der Waals surface area contributed by atoms with Crippen LogP contribution in [0.25, 0.3) is 0 Å². The smallest absolute Gasteiger partial charge is 0.190 e. The Bertz CT molecular complexity index is 373. The Morgan fingerprint density at radius 2 is 2.50 bits per heavy atom. The van der Waals surface area contributed by atoms with Gasteiger partial charge in [-0.2, -0.15) is 0 Å². The number of nitrogens with zero attached hydrogens (tertiary/aromatic N) is 2. The molecule has 1 aromatic heterocycles. The molecule has 0 radical (unpaired) electrons. The van der Waals surface area contributed by atoms with Crippen molar-refractivity contribution in [2.75, 3.05) is 0 Å². The first-order valence-corrected chi connectivity index (χ1v) is 4.41. The summed E-state index contributed by atoms with van der Waals surface area (Å²) in [7, 11) is 0. The number of carbonyl (C=O) groups is 1. The molecule has 1 aliphatic rings. The Morgan fingerprint density at radius 3 is 3.07 bits per heavy atom. The number of rotatable bonds is 2. The fraction of sp³-hybridized carbons (Fsp3) is 0.300. The summed E-state index contributed by atoms with van der Waals surface area (Å²) in [6, 6.07) is 3.73. The normalized spacial score (nSPS) is 20.1. The largest absolute Gasteiger partial charge is 0.384 e. The van der Waals surface area contributed by atoms with Gasteiger partial charge in [0.25, 0.3) is 0 Å². The second-order valence-electron chi connectivity index (χ2n) is 3.19. The van der Waals surface area contributed by atoms with E-state index in [0.717, 1.165) is 11.3 Å². The molecule has 0 aromatic carbocycles. The molecule has 0 bridgehead atoms. The van der Waals surface area contributed by atoms with Crippen molar-refractivity contribution in [3.05, 3.63) is 30.1 Å². The van der Waals surface area contributed by atoms with Crippen LogP contribution in [0, 0.1) is 0 Å². The fourth-order valence-electron chi connectivity index (χ4n) is 1.30. The van der Waals surface area contributed by atoms with Crippen LogP contribution in [0.15, 0.2) is 29.7 Å². The van der Waals surface area contributed by atoms with Crippen molar-refractivity contribution in [2.45, 2.75) is 19.4 Å². The Labute approximate surface area is 81.6 Å². The molecular weight excluding hydrogens is 180 g/mol. The maximum atomic E-state index is 11.0. The topological polar surface area (TPSA) is 51.5 Å². The van der Waals surface area contributed by atoms with E-state index in [-0.39, 0.29) is 5.78 Å². The second kappa shape index (κ2) is 3.57. The molecule has 1 aliphatic heterocycles. The van der Waals surface area contributed by atoms with E-state index in [0.29, 0.717) is 6.42 Å². The SMILES string of the molecule is CC(=O)C1CC(c2cccnc2)=NO1. The van der Waals surface area contributed by atoms with E-state index in [1.165, 1.54) is 6.92 Å². The number of aromatic nitrogens is 1. The average molecular weight is 190 g/mol. The van der Waals surface area contributed by atoms with Gasteiger partial charge >= 0.3 is 0 Å². The molecule has 0 N–H and O–H groups in total. The van der Waals surface area contributed by atoms with Gasteiger partial charge in [-0.15, -0.1) is 0 Å². The molecule has 1 aromatic rings. The van der Waals surface area contributed by atoms with Gasteiger partial charge in [-0.05, 0) is 19.1 Å². The maximum absolute atomic E-state index is 11.0. The Hall–Kier alpha value is -1.71. The lowest BCUT2D eigenvalue weighted by molar-refractivity contribution is -0.126. The molecule has 1 unspecified atom stereocenters. The highest BCUT2D eigenvalue weighted by molar-refractivity contribution is 6.03. The van der Waals surface area contributed by atoms with E-state index in [1.807, 2.05) is 12.1 Å². The third kappa shape index (κ3) is 1.64. The molecule has 0 aliphatic carbocycles. The zero-order valence-electron chi connectivity index (χ0n) is 7.80. The number of oxime groups is 1. The minimum absolute atomic E-state index is 0.00707. The average Bonchev–Trinajstić information content (AvgIpc) is 2.68. The van der Waals surface area contributed by atoms with Gasteiger partial charge in [0.05, 0.1) is 5.71 Å². The van der Waals surface area contributed by atoms with Gasteiger partial charge in [0.1, 0.15) is 0 Å². The molecule has 2 rings (SSSR count). The highest BCUT2D eigenvalue weighted by Gasteiger charge is 2.25. The highest BCUT2D eigenvalue weighted by Crippen LogP contribution is 2.16. The Morgan fingerprint density at radius 1 is 1.64 bits per heavy atom. The molecule has 1 atom stereocenters. The molecular formula is C10H10N2O2. The molecule has 2 heterocycles. The number of ketones is 1. The number of pyridine rings is 1. The lowest BCUT2D eigenvalue weighted by Crippen LogP contribution is -2.17. The number of Topliss-reactive ketones (excluding diaryl/α,β-unsaturated/α-hetero) is 1. The van der Waals surface area contributed by atoms with E-state index in [1.54, 1.807) is 12.4 Å². The first-order valence-electron chi connectivity index (χ1n) is 4.41. The minimum atomic E-state index is -0.412. The van der Waals surface area contributed by atoms with Crippen molar-refractivity contribution < 1.29 is 9.63 Å². The fourth-order valence-corrected chi connectivity index (χ4v) is 1.30. The van der Waals surface area contributed by atoms with E-state index in [2.05, 4.69) is 10.1 Å². The third-order valence-corrected chi connectivity index (χ3v) is 2.12. The molecule has 0 saturated heterocycles. The summed E-state index contributed by atoms with van der Waals surface area (Å²) in [5.41, 5.74) is 1.70. The van der Waals surface area contributed by atoms with Crippen LogP contribution >= 0.6 is 0 Å². The lowest BCUT2D eigenvalue weighted by atomic mass is 10.1. The van der Waals surface area contributed by atoms with Crippen molar-refractivity contribution >= 4 is 11.5 Å². The van der Waals surface area contributed by atoms with Gasteiger partial charge in [-0.3, -0.25) is 9.78 Å². The number of carbonyl (C=O) groups excluding carboxylic acids is 1. The summed E-state index contributed by atoms with van der Waals surface area (Å²) in [6.45, 7) is 1.51. The van der Waals surface area contributed by atoms with Gasteiger partial charge in [0.15, 0.2) is 11.9 Å². The van der Waals surface area contributed by atoms with Crippen LogP contribution in [0.5, 0.6) is 0 Å². The Balaban J connectivity index is 2.13. The summed E-state index contributed by atoms with van der Waals surface area (Å²) in [6.07, 6.45) is 3.54. The van der Waals surface area contributed by atoms with Gasteiger partial charge < -0.3 is 4.84 Å². The zero-order chi connectivity index (χ0) is 9.97. The summed E-state index contributed by atoms with van der Waals surface area (Å²) in [5.74, 6) is 0.00707. The molecule has 0 amide bonds. The molecule has 0 fully saturated rings.